The number of hydrogen-bond donors (Lipinski definition) is 1. The topological polar surface area (TPSA) is 88.8 Å². The number of anilines is 1. The van der Waals surface area contributed by atoms with Gasteiger partial charge in [0.15, 0.2) is 17.2 Å². The Hall–Kier alpha value is -2.85. The van der Waals surface area contributed by atoms with Gasteiger partial charge in [-0.05, 0) is 43.2 Å². The number of halogens is 3. The molecule has 2 aromatic rings. The number of carbonyl (C=O) groups is 2. The van der Waals surface area contributed by atoms with Crippen molar-refractivity contribution in [2.75, 3.05) is 11.4 Å². The summed E-state index contributed by atoms with van der Waals surface area (Å²) in [4.78, 5) is 30.4. The molecule has 2 atom stereocenters. The highest BCUT2D eigenvalue weighted by atomic mass is 19.4. The monoisotopic (exact) mass is 425 g/mol. The van der Waals surface area contributed by atoms with Crippen LogP contribution >= 0.6 is 0 Å². The molecular weight excluding hydrogens is 403 g/mol. The third kappa shape index (κ3) is 3.68. The molecule has 162 valence electrons. The molecule has 0 aromatic carbocycles. The van der Waals surface area contributed by atoms with Crippen LogP contribution in [0.1, 0.15) is 42.7 Å². The summed E-state index contributed by atoms with van der Waals surface area (Å²) in [5, 5.41) is 6.39. The van der Waals surface area contributed by atoms with E-state index in [1.807, 2.05) is 13.8 Å². The molecule has 1 N–H and O–H groups in total. The SMILES string of the molecule is Cc1cc(N2CC(C(C)C)OC2=O)nn2c(C(=O)N[C@H](C3CC3)C(F)(F)F)cnc12. The number of aromatic nitrogens is 3. The number of nitrogens with one attached hydrogen (secondary N) is 1. The second kappa shape index (κ2) is 7.13. The van der Waals surface area contributed by atoms with E-state index in [4.69, 9.17) is 4.74 Å². The maximum Gasteiger partial charge on any atom is 0.416 e. The van der Waals surface area contributed by atoms with Crippen molar-refractivity contribution in [1.82, 2.24) is 19.9 Å². The third-order valence-electron chi connectivity index (χ3n) is 5.46. The van der Waals surface area contributed by atoms with Crippen LogP contribution in [-0.2, 0) is 4.74 Å². The molecule has 1 saturated carbocycles. The molecule has 1 aliphatic carbocycles. The number of amides is 2. The summed E-state index contributed by atoms with van der Waals surface area (Å²) in [6.07, 6.45) is -3.35. The number of hydrogen-bond acceptors (Lipinski definition) is 5. The molecule has 8 nitrogen and oxygen atoms in total. The molecule has 30 heavy (non-hydrogen) atoms. The van der Waals surface area contributed by atoms with E-state index in [2.05, 4.69) is 15.4 Å². The zero-order valence-electron chi connectivity index (χ0n) is 16.7. The summed E-state index contributed by atoms with van der Waals surface area (Å²) < 4.78 is 46.4. The minimum atomic E-state index is -4.53. The van der Waals surface area contributed by atoms with E-state index in [1.165, 1.54) is 15.6 Å². The summed E-state index contributed by atoms with van der Waals surface area (Å²) in [6, 6.07) is -0.267. The lowest BCUT2D eigenvalue weighted by molar-refractivity contribution is -0.158. The number of nitrogens with zero attached hydrogens (tertiary/aromatic N) is 4. The fourth-order valence-corrected chi connectivity index (χ4v) is 3.52. The van der Waals surface area contributed by atoms with Crippen molar-refractivity contribution in [2.45, 2.75) is 51.9 Å². The molecule has 0 spiro atoms. The highest BCUT2D eigenvalue weighted by Crippen LogP contribution is 2.40. The first-order valence-corrected chi connectivity index (χ1v) is 9.77. The van der Waals surface area contributed by atoms with Gasteiger partial charge in [0.05, 0.1) is 12.7 Å². The summed E-state index contributed by atoms with van der Waals surface area (Å²) in [7, 11) is 0. The van der Waals surface area contributed by atoms with Gasteiger partial charge in [0.1, 0.15) is 12.1 Å². The quantitative estimate of drug-likeness (QED) is 0.795. The van der Waals surface area contributed by atoms with Crippen LogP contribution in [0.4, 0.5) is 23.8 Å². The first-order chi connectivity index (χ1) is 14.1. The Morgan fingerprint density at radius 1 is 1.33 bits per heavy atom. The summed E-state index contributed by atoms with van der Waals surface area (Å²) in [5.74, 6) is -1.16. The van der Waals surface area contributed by atoms with Crippen LogP contribution in [-0.4, -0.2) is 51.5 Å². The highest BCUT2D eigenvalue weighted by Gasteiger charge is 2.50. The molecule has 1 unspecified atom stereocenters. The molecule has 4 rings (SSSR count). The zero-order chi connectivity index (χ0) is 21.8. The van der Waals surface area contributed by atoms with Gasteiger partial charge in [-0.25, -0.2) is 14.3 Å². The van der Waals surface area contributed by atoms with E-state index in [0.717, 1.165) is 0 Å². The molecule has 0 radical (unpaired) electrons. The summed E-state index contributed by atoms with van der Waals surface area (Å²) >= 11 is 0. The number of aryl methyl sites for hydroxylation is 1. The average molecular weight is 425 g/mol. The van der Waals surface area contributed by atoms with Crippen LogP contribution in [0, 0.1) is 18.8 Å². The number of imidazole rings is 1. The second-order valence-electron chi connectivity index (χ2n) is 8.17. The maximum atomic E-state index is 13.3. The van der Waals surface area contributed by atoms with Crippen molar-refractivity contribution in [3.63, 3.8) is 0 Å². The normalized spacial score (nSPS) is 20.7. The Morgan fingerprint density at radius 2 is 2.03 bits per heavy atom. The predicted octanol–water partition coefficient (Wildman–Crippen LogP) is 3.09. The molecule has 1 aliphatic heterocycles. The first-order valence-electron chi connectivity index (χ1n) is 9.77. The van der Waals surface area contributed by atoms with Crippen LogP contribution in [0.2, 0.25) is 0 Å². The predicted molar refractivity (Wildman–Crippen MR) is 100 cm³/mol. The lowest BCUT2D eigenvalue weighted by Gasteiger charge is -2.21. The van der Waals surface area contributed by atoms with E-state index in [1.54, 1.807) is 13.0 Å². The highest BCUT2D eigenvalue weighted by molar-refractivity contribution is 5.94. The number of fused-ring (bicyclic) bond motifs is 1. The van der Waals surface area contributed by atoms with Gasteiger partial charge in [0.2, 0.25) is 0 Å². The maximum absolute atomic E-state index is 13.3. The largest absolute Gasteiger partial charge is 0.444 e. The number of cyclic esters (lactones) is 1. The minimum Gasteiger partial charge on any atom is -0.444 e. The number of alkyl halides is 3. The lowest BCUT2D eigenvalue weighted by atomic mass is 10.1. The Labute approximate surface area is 170 Å². The van der Waals surface area contributed by atoms with Gasteiger partial charge in [-0.3, -0.25) is 9.69 Å². The summed E-state index contributed by atoms with van der Waals surface area (Å²) in [5.41, 5.74) is 0.819. The second-order valence-corrected chi connectivity index (χ2v) is 8.17. The lowest BCUT2D eigenvalue weighted by Crippen LogP contribution is -2.47. The molecule has 2 amide bonds. The number of ether oxygens (including phenoxy) is 1. The van der Waals surface area contributed by atoms with Crippen LogP contribution in [0.25, 0.3) is 5.65 Å². The summed E-state index contributed by atoms with van der Waals surface area (Å²) in [6.45, 7) is 5.87. The van der Waals surface area contributed by atoms with Gasteiger partial charge in [-0.2, -0.15) is 13.2 Å². The van der Waals surface area contributed by atoms with E-state index >= 15 is 0 Å². The first kappa shape index (κ1) is 20.4. The van der Waals surface area contributed by atoms with Gasteiger partial charge in [0.25, 0.3) is 5.91 Å². The molecule has 2 fully saturated rings. The van der Waals surface area contributed by atoms with Crippen LogP contribution in [0.15, 0.2) is 12.3 Å². The van der Waals surface area contributed by atoms with Gasteiger partial charge in [-0.15, -0.1) is 5.10 Å². The van der Waals surface area contributed by atoms with Crippen molar-refractivity contribution in [2.24, 2.45) is 11.8 Å². The zero-order valence-corrected chi connectivity index (χ0v) is 16.7. The molecular formula is C19H22F3N5O3. The van der Waals surface area contributed by atoms with Gasteiger partial charge >= 0.3 is 12.3 Å². The Morgan fingerprint density at radius 3 is 2.60 bits per heavy atom. The van der Waals surface area contributed by atoms with Crippen molar-refractivity contribution in [3.05, 3.63) is 23.5 Å². The fraction of sp³-hybridized carbons (Fsp3) is 0.579. The van der Waals surface area contributed by atoms with Crippen molar-refractivity contribution >= 4 is 23.5 Å². The van der Waals surface area contributed by atoms with Crippen molar-refractivity contribution in [1.29, 1.82) is 0 Å². The van der Waals surface area contributed by atoms with Crippen LogP contribution in [0.3, 0.4) is 0 Å². The molecule has 11 heteroatoms. The standard InChI is InChI=1S/C19H22F3N5O3/c1-9(2)13-8-26(18(29)30-13)14-6-10(3)16-23-7-12(27(16)25-14)17(28)24-15(11-4-5-11)19(20,21)22/h6-7,9,11,13,15H,4-5,8H2,1-3H3,(H,24,28)/t13?,15-/m1/s1. The van der Waals surface area contributed by atoms with Gasteiger partial charge in [-0.1, -0.05) is 13.8 Å². The molecule has 2 aromatic heterocycles. The molecule has 0 bridgehead atoms. The number of carbonyl (C=O) groups excluding carboxylic acids is 2. The Kier molecular flexibility index (Phi) is 4.86. The van der Waals surface area contributed by atoms with E-state index in [9.17, 15) is 22.8 Å². The van der Waals surface area contributed by atoms with Crippen LogP contribution < -0.4 is 10.2 Å². The molecule has 1 saturated heterocycles. The Balaban J connectivity index is 1.65. The fourth-order valence-electron chi connectivity index (χ4n) is 3.52. The number of rotatable bonds is 5. The average Bonchev–Trinajstić information content (AvgIpc) is 3.26. The van der Waals surface area contributed by atoms with Crippen molar-refractivity contribution in [3.8, 4) is 0 Å². The molecule has 2 aliphatic rings. The van der Waals surface area contributed by atoms with Gasteiger partial charge < -0.3 is 10.1 Å². The third-order valence-corrected chi connectivity index (χ3v) is 5.46. The van der Waals surface area contributed by atoms with E-state index in [0.29, 0.717) is 30.6 Å². The van der Waals surface area contributed by atoms with E-state index < -0.39 is 30.1 Å². The smallest absolute Gasteiger partial charge is 0.416 e. The van der Waals surface area contributed by atoms with E-state index in [-0.39, 0.29) is 23.5 Å². The van der Waals surface area contributed by atoms with Crippen molar-refractivity contribution < 1.29 is 27.5 Å². The Bertz CT molecular complexity index is 999. The van der Waals surface area contributed by atoms with Crippen LogP contribution in [0.5, 0.6) is 0 Å². The van der Waals surface area contributed by atoms with Gasteiger partial charge in [0, 0.05) is 0 Å². The minimum absolute atomic E-state index is 0.111. The molecule has 3 heterocycles.